The molecule has 2 aromatic rings. The molecule has 0 spiro atoms. The Balaban J connectivity index is 1.69. The Labute approximate surface area is 171 Å². The molecule has 1 saturated heterocycles. The van der Waals surface area contributed by atoms with Crippen LogP contribution in [0.5, 0.6) is 11.5 Å². The minimum absolute atomic E-state index is 0.0378. The highest BCUT2D eigenvalue weighted by Gasteiger charge is 2.22. The fourth-order valence-electron chi connectivity index (χ4n) is 3.39. The van der Waals surface area contributed by atoms with Gasteiger partial charge >= 0.3 is 0 Å². The number of benzene rings is 2. The van der Waals surface area contributed by atoms with E-state index in [4.69, 9.17) is 9.47 Å². The third-order valence-electron chi connectivity index (χ3n) is 5.03. The average molecular weight is 396 g/mol. The van der Waals surface area contributed by atoms with Crippen molar-refractivity contribution in [2.45, 2.75) is 38.7 Å². The summed E-state index contributed by atoms with van der Waals surface area (Å²) in [5.74, 6) is 0.845. The number of likely N-dealkylation sites (tertiary alicyclic amines) is 1. The molecule has 1 N–H and O–H groups in total. The molecule has 2 aromatic carbocycles. The first-order valence-electron chi connectivity index (χ1n) is 10.1. The standard InChI is InChI=1S/C23H28N2O4/c1-17(29-19-11-9-10-18(16-19)28-2)22(26)24-21-13-6-5-12-20(21)23(27)25-14-7-3-4-8-15-25/h5-6,9-13,16-17H,3-4,7-8,14-15H2,1-2H3,(H,24,26)/t17-/m0/s1. The van der Waals surface area contributed by atoms with Crippen LogP contribution in [0.1, 0.15) is 43.0 Å². The summed E-state index contributed by atoms with van der Waals surface area (Å²) >= 11 is 0. The number of methoxy groups -OCH3 is 1. The topological polar surface area (TPSA) is 67.9 Å². The van der Waals surface area contributed by atoms with Gasteiger partial charge in [-0.2, -0.15) is 0 Å². The molecule has 1 aliphatic rings. The zero-order valence-electron chi connectivity index (χ0n) is 17.0. The lowest BCUT2D eigenvalue weighted by Gasteiger charge is -2.22. The number of ether oxygens (including phenoxy) is 2. The van der Waals surface area contributed by atoms with Crippen LogP contribution in [0.3, 0.4) is 0 Å². The summed E-state index contributed by atoms with van der Waals surface area (Å²) in [5.41, 5.74) is 1.02. The molecule has 2 amide bonds. The van der Waals surface area contributed by atoms with Crippen LogP contribution in [0.4, 0.5) is 5.69 Å². The van der Waals surface area contributed by atoms with E-state index in [0.29, 0.717) is 22.7 Å². The number of nitrogens with one attached hydrogen (secondary N) is 1. The van der Waals surface area contributed by atoms with Crippen LogP contribution in [0.15, 0.2) is 48.5 Å². The van der Waals surface area contributed by atoms with Gasteiger partial charge < -0.3 is 19.7 Å². The molecule has 1 fully saturated rings. The van der Waals surface area contributed by atoms with E-state index in [-0.39, 0.29) is 11.8 Å². The van der Waals surface area contributed by atoms with Crippen LogP contribution >= 0.6 is 0 Å². The second kappa shape index (κ2) is 9.96. The van der Waals surface area contributed by atoms with Crippen molar-refractivity contribution in [2.24, 2.45) is 0 Å². The predicted octanol–water partition coefficient (Wildman–Crippen LogP) is 4.12. The molecule has 0 aromatic heterocycles. The first kappa shape index (κ1) is 20.7. The second-order valence-corrected chi connectivity index (χ2v) is 7.18. The van der Waals surface area contributed by atoms with Gasteiger partial charge in [-0.1, -0.05) is 31.0 Å². The molecule has 0 saturated carbocycles. The Morgan fingerprint density at radius 3 is 2.38 bits per heavy atom. The first-order chi connectivity index (χ1) is 14.1. The Hall–Kier alpha value is -3.02. The summed E-state index contributed by atoms with van der Waals surface area (Å²) in [6.45, 7) is 3.20. The minimum atomic E-state index is -0.733. The van der Waals surface area contributed by atoms with E-state index in [1.807, 2.05) is 23.1 Å². The van der Waals surface area contributed by atoms with Gasteiger partial charge in [0.2, 0.25) is 0 Å². The average Bonchev–Trinajstić information content (AvgIpc) is 3.03. The number of hydrogen-bond acceptors (Lipinski definition) is 4. The number of rotatable bonds is 6. The van der Waals surface area contributed by atoms with Gasteiger partial charge in [0.05, 0.1) is 18.4 Å². The number of carbonyl (C=O) groups is 2. The molecule has 0 unspecified atom stereocenters. The van der Waals surface area contributed by atoms with Gasteiger partial charge in [-0.25, -0.2) is 0 Å². The lowest BCUT2D eigenvalue weighted by atomic mass is 10.1. The Morgan fingerprint density at radius 1 is 0.966 bits per heavy atom. The molecule has 6 nitrogen and oxygen atoms in total. The maximum Gasteiger partial charge on any atom is 0.265 e. The molecule has 6 heteroatoms. The number of hydrogen-bond donors (Lipinski definition) is 1. The van der Waals surface area contributed by atoms with Crippen molar-refractivity contribution < 1.29 is 19.1 Å². The lowest BCUT2D eigenvalue weighted by molar-refractivity contribution is -0.122. The summed E-state index contributed by atoms with van der Waals surface area (Å²) < 4.78 is 10.9. The van der Waals surface area contributed by atoms with E-state index < -0.39 is 6.10 Å². The third-order valence-corrected chi connectivity index (χ3v) is 5.03. The molecule has 0 bridgehead atoms. The summed E-state index contributed by atoms with van der Waals surface area (Å²) in [4.78, 5) is 27.6. The fraction of sp³-hybridized carbons (Fsp3) is 0.391. The van der Waals surface area contributed by atoms with Gasteiger partial charge in [0.1, 0.15) is 11.5 Å². The van der Waals surface area contributed by atoms with Gasteiger partial charge in [-0.3, -0.25) is 9.59 Å². The molecule has 154 valence electrons. The van der Waals surface area contributed by atoms with E-state index in [9.17, 15) is 9.59 Å². The summed E-state index contributed by atoms with van der Waals surface area (Å²) in [6, 6.07) is 14.2. The zero-order chi connectivity index (χ0) is 20.6. The minimum Gasteiger partial charge on any atom is -0.497 e. The molecule has 0 aliphatic carbocycles. The molecule has 29 heavy (non-hydrogen) atoms. The normalized spacial score (nSPS) is 15.2. The van der Waals surface area contributed by atoms with E-state index >= 15 is 0 Å². The fourth-order valence-corrected chi connectivity index (χ4v) is 3.39. The van der Waals surface area contributed by atoms with Crippen molar-refractivity contribution in [2.75, 3.05) is 25.5 Å². The highest BCUT2D eigenvalue weighted by Crippen LogP contribution is 2.22. The molecule has 1 atom stereocenters. The Morgan fingerprint density at radius 2 is 1.66 bits per heavy atom. The van der Waals surface area contributed by atoms with E-state index in [1.54, 1.807) is 44.4 Å². The van der Waals surface area contributed by atoms with Crippen LogP contribution in [0, 0.1) is 0 Å². The molecule has 1 aliphatic heterocycles. The number of anilines is 1. The molecule has 3 rings (SSSR count). The van der Waals surface area contributed by atoms with Crippen molar-refractivity contribution in [1.29, 1.82) is 0 Å². The van der Waals surface area contributed by atoms with E-state index in [0.717, 1.165) is 38.8 Å². The summed E-state index contributed by atoms with van der Waals surface area (Å²) in [6.07, 6.45) is 3.61. The third kappa shape index (κ3) is 5.50. The number of nitrogens with zero attached hydrogens (tertiary/aromatic N) is 1. The van der Waals surface area contributed by atoms with Gasteiger partial charge in [0.25, 0.3) is 11.8 Å². The maximum absolute atomic E-state index is 13.0. The van der Waals surface area contributed by atoms with E-state index in [2.05, 4.69) is 5.32 Å². The van der Waals surface area contributed by atoms with Crippen molar-refractivity contribution in [3.05, 3.63) is 54.1 Å². The van der Waals surface area contributed by atoms with Crippen molar-refractivity contribution in [1.82, 2.24) is 4.90 Å². The van der Waals surface area contributed by atoms with Crippen LogP contribution in [0.2, 0.25) is 0 Å². The quantitative estimate of drug-likeness (QED) is 0.798. The second-order valence-electron chi connectivity index (χ2n) is 7.18. The van der Waals surface area contributed by atoms with Gasteiger partial charge in [-0.05, 0) is 44.0 Å². The van der Waals surface area contributed by atoms with Crippen LogP contribution in [0.25, 0.3) is 0 Å². The van der Waals surface area contributed by atoms with Gasteiger partial charge in [-0.15, -0.1) is 0 Å². The number of amides is 2. The molecular weight excluding hydrogens is 368 g/mol. The van der Waals surface area contributed by atoms with Gasteiger partial charge in [0, 0.05) is 19.2 Å². The monoisotopic (exact) mass is 396 g/mol. The zero-order valence-corrected chi connectivity index (χ0v) is 17.0. The first-order valence-corrected chi connectivity index (χ1v) is 10.1. The maximum atomic E-state index is 13.0. The van der Waals surface area contributed by atoms with Crippen molar-refractivity contribution in [3.8, 4) is 11.5 Å². The van der Waals surface area contributed by atoms with Crippen LogP contribution in [-0.4, -0.2) is 43.0 Å². The number of carbonyl (C=O) groups excluding carboxylic acids is 2. The molecule has 0 radical (unpaired) electrons. The summed E-state index contributed by atoms with van der Waals surface area (Å²) in [7, 11) is 1.58. The smallest absolute Gasteiger partial charge is 0.265 e. The molecular formula is C23H28N2O4. The highest BCUT2D eigenvalue weighted by molar-refractivity contribution is 6.04. The Kier molecular flexibility index (Phi) is 7.11. The lowest BCUT2D eigenvalue weighted by Crippen LogP contribution is -2.34. The van der Waals surface area contributed by atoms with Gasteiger partial charge in [0.15, 0.2) is 6.10 Å². The van der Waals surface area contributed by atoms with Crippen molar-refractivity contribution in [3.63, 3.8) is 0 Å². The molecule has 1 heterocycles. The summed E-state index contributed by atoms with van der Waals surface area (Å²) in [5, 5.41) is 2.85. The SMILES string of the molecule is COc1cccc(O[C@@H](C)C(=O)Nc2ccccc2C(=O)N2CCCCCC2)c1. The predicted molar refractivity (Wildman–Crippen MR) is 113 cm³/mol. The number of para-hydroxylation sites is 1. The van der Waals surface area contributed by atoms with Crippen LogP contribution < -0.4 is 14.8 Å². The Bertz CT molecular complexity index is 844. The van der Waals surface area contributed by atoms with E-state index in [1.165, 1.54) is 0 Å². The van der Waals surface area contributed by atoms with Crippen molar-refractivity contribution >= 4 is 17.5 Å². The van der Waals surface area contributed by atoms with Crippen LogP contribution in [-0.2, 0) is 4.79 Å². The highest BCUT2D eigenvalue weighted by atomic mass is 16.5. The largest absolute Gasteiger partial charge is 0.497 e.